The normalized spacial score (nSPS) is 15.0. The number of phenolic OH excluding ortho intramolecular Hbond substituents is 1. The lowest BCUT2D eigenvalue weighted by atomic mass is 9.99. The van der Waals surface area contributed by atoms with Crippen LogP contribution in [0.3, 0.4) is 0 Å². The molecule has 1 aliphatic heterocycles. The summed E-state index contributed by atoms with van der Waals surface area (Å²) in [7, 11) is 0. The van der Waals surface area contributed by atoms with E-state index in [-0.39, 0.29) is 0 Å². The minimum absolute atomic E-state index is 0.365. The molecule has 1 saturated heterocycles. The second kappa shape index (κ2) is 9.20. The van der Waals surface area contributed by atoms with Gasteiger partial charge in [0, 0.05) is 32.7 Å². The minimum Gasteiger partial charge on any atom is -0.507 e. The number of rotatable bonds is 4. The molecule has 1 N–H and O–H groups in total. The van der Waals surface area contributed by atoms with Crippen molar-refractivity contribution in [3.05, 3.63) is 83.6 Å². The molecule has 5 rings (SSSR count). The molecule has 2 heterocycles. The van der Waals surface area contributed by atoms with E-state index in [4.69, 9.17) is 9.97 Å². The smallest absolute Gasteiger partial charge is 0.147 e. The average molecular weight is 439 g/mol. The molecule has 4 aromatic rings. The Hall–Kier alpha value is -3.44. The molecule has 0 unspecified atom stereocenters. The Kier molecular flexibility index (Phi) is 5.97. The standard InChI is InChI=1S/C28H30N4O/c1-20-15-24(16-21(2)28(20)33)23-9-10-25-26(17-23)30-27(18-29-25)32-12-6-11-31(13-14-32)19-22-7-4-3-5-8-22/h3-5,7-10,15-18,33H,6,11-14,19H2,1-2H3. The van der Waals surface area contributed by atoms with Crippen LogP contribution in [0.15, 0.2) is 66.9 Å². The van der Waals surface area contributed by atoms with Crippen molar-refractivity contribution in [2.45, 2.75) is 26.8 Å². The predicted molar refractivity (Wildman–Crippen MR) is 135 cm³/mol. The first-order chi connectivity index (χ1) is 16.1. The first-order valence-corrected chi connectivity index (χ1v) is 11.7. The third-order valence-corrected chi connectivity index (χ3v) is 6.52. The van der Waals surface area contributed by atoms with E-state index in [1.54, 1.807) is 0 Å². The van der Waals surface area contributed by atoms with Gasteiger partial charge in [-0.2, -0.15) is 0 Å². The average Bonchev–Trinajstić information content (AvgIpc) is 3.08. The van der Waals surface area contributed by atoms with Gasteiger partial charge in [0.15, 0.2) is 0 Å². The number of aryl methyl sites for hydroxylation is 2. The van der Waals surface area contributed by atoms with Crippen LogP contribution in [-0.2, 0) is 6.54 Å². The fourth-order valence-electron chi connectivity index (χ4n) is 4.66. The number of nitrogens with zero attached hydrogens (tertiary/aromatic N) is 4. The topological polar surface area (TPSA) is 52.5 Å². The van der Waals surface area contributed by atoms with Crippen LogP contribution in [0.2, 0.25) is 0 Å². The molecule has 0 bridgehead atoms. The lowest BCUT2D eigenvalue weighted by molar-refractivity contribution is 0.285. The van der Waals surface area contributed by atoms with Crippen LogP contribution in [-0.4, -0.2) is 46.2 Å². The Morgan fingerprint density at radius 2 is 1.61 bits per heavy atom. The zero-order valence-corrected chi connectivity index (χ0v) is 19.3. The van der Waals surface area contributed by atoms with Gasteiger partial charge >= 0.3 is 0 Å². The maximum absolute atomic E-state index is 10.1. The maximum atomic E-state index is 10.1. The number of hydrogen-bond donors (Lipinski definition) is 1. The molecule has 0 saturated carbocycles. The van der Waals surface area contributed by atoms with E-state index in [2.05, 4.69) is 52.3 Å². The number of aromatic hydroxyl groups is 1. The largest absolute Gasteiger partial charge is 0.507 e. The molecule has 1 aromatic heterocycles. The highest BCUT2D eigenvalue weighted by molar-refractivity contribution is 5.82. The Bertz CT molecular complexity index is 1250. The zero-order valence-electron chi connectivity index (χ0n) is 19.3. The van der Waals surface area contributed by atoms with E-state index in [1.165, 1.54) is 5.56 Å². The summed E-state index contributed by atoms with van der Waals surface area (Å²) in [6.45, 7) is 8.91. The van der Waals surface area contributed by atoms with Gasteiger partial charge in [-0.15, -0.1) is 0 Å². The van der Waals surface area contributed by atoms with E-state index in [0.29, 0.717) is 5.75 Å². The summed E-state index contributed by atoms with van der Waals surface area (Å²) in [6, 6.07) is 21.0. The minimum atomic E-state index is 0.365. The fraction of sp³-hybridized carbons (Fsp3) is 0.286. The van der Waals surface area contributed by atoms with E-state index < -0.39 is 0 Å². The van der Waals surface area contributed by atoms with Crippen molar-refractivity contribution in [1.29, 1.82) is 0 Å². The number of anilines is 1. The van der Waals surface area contributed by atoms with Gasteiger partial charge in [-0.05, 0) is 72.4 Å². The number of aromatic nitrogens is 2. The first-order valence-electron chi connectivity index (χ1n) is 11.7. The molecule has 5 nitrogen and oxygen atoms in total. The molecular weight excluding hydrogens is 408 g/mol. The molecule has 0 aliphatic carbocycles. The van der Waals surface area contributed by atoms with Crippen molar-refractivity contribution in [3.8, 4) is 16.9 Å². The van der Waals surface area contributed by atoms with Gasteiger partial charge in [-0.3, -0.25) is 9.88 Å². The lowest BCUT2D eigenvalue weighted by Crippen LogP contribution is -2.31. The van der Waals surface area contributed by atoms with Crippen LogP contribution in [0.25, 0.3) is 22.2 Å². The van der Waals surface area contributed by atoms with Crippen molar-refractivity contribution in [2.75, 3.05) is 31.1 Å². The van der Waals surface area contributed by atoms with Gasteiger partial charge in [-0.25, -0.2) is 4.98 Å². The van der Waals surface area contributed by atoms with Gasteiger partial charge in [0.25, 0.3) is 0 Å². The molecule has 5 heteroatoms. The van der Waals surface area contributed by atoms with Gasteiger partial charge in [0.2, 0.25) is 0 Å². The quantitative estimate of drug-likeness (QED) is 0.467. The van der Waals surface area contributed by atoms with Crippen molar-refractivity contribution < 1.29 is 5.11 Å². The number of phenols is 1. The van der Waals surface area contributed by atoms with Crippen LogP contribution in [0.5, 0.6) is 5.75 Å². The fourth-order valence-corrected chi connectivity index (χ4v) is 4.66. The molecule has 0 spiro atoms. The Morgan fingerprint density at radius 1 is 0.818 bits per heavy atom. The molecule has 1 aliphatic rings. The van der Waals surface area contributed by atoms with Crippen LogP contribution in [0.4, 0.5) is 5.82 Å². The summed E-state index contributed by atoms with van der Waals surface area (Å²) in [5.41, 5.74) is 7.11. The molecule has 168 valence electrons. The summed E-state index contributed by atoms with van der Waals surface area (Å²) in [6.07, 6.45) is 3.02. The number of fused-ring (bicyclic) bond motifs is 1. The third-order valence-electron chi connectivity index (χ3n) is 6.52. The van der Waals surface area contributed by atoms with E-state index >= 15 is 0 Å². The van der Waals surface area contributed by atoms with Gasteiger partial charge in [0.1, 0.15) is 11.6 Å². The molecule has 1 fully saturated rings. The summed E-state index contributed by atoms with van der Waals surface area (Å²) in [4.78, 5) is 14.6. The highest BCUT2D eigenvalue weighted by atomic mass is 16.3. The molecular formula is C28H30N4O. The van der Waals surface area contributed by atoms with Gasteiger partial charge in [-0.1, -0.05) is 36.4 Å². The highest BCUT2D eigenvalue weighted by Crippen LogP contribution is 2.30. The van der Waals surface area contributed by atoms with Crippen LogP contribution in [0, 0.1) is 13.8 Å². The SMILES string of the molecule is Cc1cc(-c2ccc3ncc(N4CCCN(Cc5ccccc5)CC4)nc3c2)cc(C)c1O. The van der Waals surface area contributed by atoms with Gasteiger partial charge in [0.05, 0.1) is 17.2 Å². The second-order valence-electron chi connectivity index (χ2n) is 8.99. The zero-order chi connectivity index (χ0) is 22.8. The Labute approximate surface area is 195 Å². The monoisotopic (exact) mass is 438 g/mol. The van der Waals surface area contributed by atoms with Crippen molar-refractivity contribution >= 4 is 16.9 Å². The Morgan fingerprint density at radius 3 is 2.39 bits per heavy atom. The van der Waals surface area contributed by atoms with E-state index in [0.717, 1.165) is 78.2 Å². The summed E-state index contributed by atoms with van der Waals surface area (Å²) in [5.74, 6) is 1.31. The molecule has 0 amide bonds. The predicted octanol–water partition coefficient (Wildman–Crippen LogP) is 5.33. The van der Waals surface area contributed by atoms with Crippen molar-refractivity contribution in [3.63, 3.8) is 0 Å². The van der Waals surface area contributed by atoms with Crippen molar-refractivity contribution in [2.24, 2.45) is 0 Å². The highest BCUT2D eigenvalue weighted by Gasteiger charge is 2.17. The molecule has 3 aromatic carbocycles. The summed E-state index contributed by atoms with van der Waals surface area (Å²) in [5, 5.41) is 10.1. The summed E-state index contributed by atoms with van der Waals surface area (Å²) >= 11 is 0. The first kappa shape index (κ1) is 21.4. The second-order valence-corrected chi connectivity index (χ2v) is 8.99. The Balaban J connectivity index is 1.36. The van der Waals surface area contributed by atoms with E-state index in [9.17, 15) is 5.11 Å². The van der Waals surface area contributed by atoms with Crippen LogP contribution < -0.4 is 4.90 Å². The summed E-state index contributed by atoms with van der Waals surface area (Å²) < 4.78 is 0. The molecule has 0 atom stereocenters. The molecule has 33 heavy (non-hydrogen) atoms. The van der Waals surface area contributed by atoms with Crippen LogP contribution in [0.1, 0.15) is 23.1 Å². The maximum Gasteiger partial charge on any atom is 0.147 e. The number of benzene rings is 3. The van der Waals surface area contributed by atoms with Crippen molar-refractivity contribution in [1.82, 2.24) is 14.9 Å². The van der Waals surface area contributed by atoms with E-state index in [1.807, 2.05) is 38.2 Å². The third kappa shape index (κ3) is 4.69. The molecule has 0 radical (unpaired) electrons. The lowest BCUT2D eigenvalue weighted by Gasteiger charge is -2.23. The van der Waals surface area contributed by atoms with Crippen LogP contribution >= 0.6 is 0 Å². The number of hydrogen-bond acceptors (Lipinski definition) is 5. The van der Waals surface area contributed by atoms with Gasteiger partial charge < -0.3 is 10.0 Å².